The van der Waals surface area contributed by atoms with Crippen LogP contribution in [-0.2, 0) is 16.6 Å². The Morgan fingerprint density at radius 2 is 2.08 bits per heavy atom. The number of amides is 4. The summed E-state index contributed by atoms with van der Waals surface area (Å²) >= 11 is 0. The van der Waals surface area contributed by atoms with Gasteiger partial charge < -0.3 is 15.2 Å². The normalized spacial score (nSPS) is 25.5. The summed E-state index contributed by atoms with van der Waals surface area (Å²) in [4.78, 5) is 50.2. The van der Waals surface area contributed by atoms with Crippen LogP contribution in [0.15, 0.2) is 17.1 Å². The summed E-state index contributed by atoms with van der Waals surface area (Å²) in [7, 11) is 1.59. The number of anilines is 1. The number of nitrogens with zero attached hydrogens (tertiary/aromatic N) is 2. The van der Waals surface area contributed by atoms with Crippen molar-refractivity contribution >= 4 is 23.5 Å². The second-order valence-electron chi connectivity index (χ2n) is 7.31. The summed E-state index contributed by atoms with van der Waals surface area (Å²) in [5.74, 6) is -0.746. The third kappa shape index (κ3) is 3.00. The van der Waals surface area contributed by atoms with Gasteiger partial charge in [-0.3, -0.25) is 19.3 Å². The smallest absolute Gasteiger partial charge is 0.323 e. The fraction of sp³-hybridized carbons (Fsp3) is 0.556. The monoisotopic (exact) mass is 360 g/mol. The second kappa shape index (κ2) is 6.59. The summed E-state index contributed by atoms with van der Waals surface area (Å²) in [5.41, 5.74) is 0.0473. The van der Waals surface area contributed by atoms with E-state index >= 15 is 0 Å². The van der Waals surface area contributed by atoms with Gasteiger partial charge in [-0.25, -0.2) is 4.79 Å². The van der Waals surface area contributed by atoms with Gasteiger partial charge in [0.2, 0.25) is 5.91 Å². The van der Waals surface area contributed by atoms with Gasteiger partial charge in [-0.2, -0.15) is 0 Å². The third-order valence-corrected chi connectivity index (χ3v) is 5.51. The van der Waals surface area contributed by atoms with Crippen molar-refractivity contribution in [1.82, 2.24) is 14.8 Å². The van der Waals surface area contributed by atoms with E-state index in [1.807, 2.05) is 6.92 Å². The van der Waals surface area contributed by atoms with Gasteiger partial charge in [0.15, 0.2) is 0 Å². The van der Waals surface area contributed by atoms with Crippen LogP contribution in [-0.4, -0.2) is 39.4 Å². The van der Waals surface area contributed by atoms with Crippen LogP contribution in [0.25, 0.3) is 0 Å². The average molecular weight is 360 g/mol. The van der Waals surface area contributed by atoms with Gasteiger partial charge >= 0.3 is 6.03 Å². The Balaban J connectivity index is 1.73. The van der Waals surface area contributed by atoms with E-state index in [0.717, 1.165) is 24.2 Å². The number of carbonyl (C=O) groups is 3. The van der Waals surface area contributed by atoms with Crippen molar-refractivity contribution in [1.29, 1.82) is 0 Å². The van der Waals surface area contributed by atoms with Crippen molar-refractivity contribution in [3.05, 3.63) is 28.2 Å². The Morgan fingerprint density at radius 3 is 2.77 bits per heavy atom. The minimum absolute atomic E-state index is 0.0478. The first-order valence-electron chi connectivity index (χ1n) is 8.86. The van der Waals surface area contributed by atoms with E-state index < -0.39 is 17.5 Å². The van der Waals surface area contributed by atoms with Gasteiger partial charge in [-0.05, 0) is 31.2 Å². The number of hydrogen-bond acceptors (Lipinski definition) is 4. The summed E-state index contributed by atoms with van der Waals surface area (Å²) < 4.78 is 1.36. The first kappa shape index (κ1) is 18.2. The van der Waals surface area contributed by atoms with E-state index in [9.17, 15) is 19.2 Å². The first-order valence-corrected chi connectivity index (χ1v) is 8.86. The lowest BCUT2D eigenvalue weighted by Gasteiger charge is -2.36. The zero-order valence-electron chi connectivity index (χ0n) is 15.3. The van der Waals surface area contributed by atoms with Crippen molar-refractivity contribution in [2.24, 2.45) is 13.0 Å². The molecule has 1 aliphatic carbocycles. The van der Waals surface area contributed by atoms with Gasteiger partial charge in [0, 0.05) is 19.3 Å². The summed E-state index contributed by atoms with van der Waals surface area (Å²) in [5, 5.41) is 5.50. The number of pyridine rings is 1. The van der Waals surface area contributed by atoms with Crippen molar-refractivity contribution < 1.29 is 14.4 Å². The molecular weight excluding hydrogens is 336 g/mol. The highest BCUT2D eigenvalue weighted by Crippen LogP contribution is 2.38. The second-order valence-corrected chi connectivity index (χ2v) is 7.31. The first-order chi connectivity index (χ1) is 12.2. The summed E-state index contributed by atoms with van der Waals surface area (Å²) in [6.07, 6.45) is 4.93. The molecule has 2 atom stereocenters. The molecule has 140 valence electrons. The number of rotatable bonds is 3. The number of urea groups is 1. The summed E-state index contributed by atoms with van der Waals surface area (Å²) in [6, 6.07) is 0.901. The quantitative estimate of drug-likeness (QED) is 0.789. The SMILES string of the molecule is Cc1cc(=O)n(C)cc1NC(=O)CN1C(=O)NC2(CCCCC2C)C1=O. The topological polar surface area (TPSA) is 101 Å². The largest absolute Gasteiger partial charge is 0.325 e. The number of aryl methyl sites for hydroxylation is 2. The molecule has 4 amide bonds. The molecule has 1 spiro atoms. The average Bonchev–Trinajstić information content (AvgIpc) is 2.80. The van der Waals surface area contributed by atoms with Crippen LogP contribution in [0, 0.1) is 12.8 Å². The minimum atomic E-state index is -0.873. The Morgan fingerprint density at radius 1 is 1.35 bits per heavy atom. The lowest BCUT2D eigenvalue weighted by atomic mass is 9.73. The Bertz CT molecular complexity index is 831. The molecule has 2 aliphatic rings. The van der Waals surface area contributed by atoms with Crippen molar-refractivity contribution in [3.8, 4) is 0 Å². The molecule has 2 N–H and O–H groups in total. The molecule has 1 saturated carbocycles. The zero-order valence-corrected chi connectivity index (χ0v) is 15.3. The van der Waals surface area contributed by atoms with Crippen LogP contribution < -0.4 is 16.2 Å². The van der Waals surface area contributed by atoms with Crippen LogP contribution >= 0.6 is 0 Å². The molecule has 2 heterocycles. The molecular formula is C18H24N4O4. The molecule has 1 aliphatic heterocycles. The number of carbonyl (C=O) groups excluding carboxylic acids is 3. The van der Waals surface area contributed by atoms with E-state index in [4.69, 9.17) is 0 Å². The third-order valence-electron chi connectivity index (χ3n) is 5.51. The molecule has 0 radical (unpaired) electrons. The fourth-order valence-corrected chi connectivity index (χ4v) is 3.83. The predicted octanol–water partition coefficient (Wildman–Crippen LogP) is 1.13. The predicted molar refractivity (Wildman–Crippen MR) is 95.7 cm³/mol. The van der Waals surface area contributed by atoms with E-state index in [1.54, 1.807) is 14.0 Å². The minimum Gasteiger partial charge on any atom is -0.323 e. The zero-order chi connectivity index (χ0) is 19.1. The lowest BCUT2D eigenvalue weighted by Crippen LogP contribution is -2.54. The number of nitrogens with one attached hydrogen (secondary N) is 2. The van der Waals surface area contributed by atoms with Gasteiger partial charge in [0.25, 0.3) is 11.5 Å². The molecule has 1 aromatic heterocycles. The van der Waals surface area contributed by atoms with Crippen molar-refractivity contribution in [2.45, 2.75) is 45.1 Å². The van der Waals surface area contributed by atoms with Gasteiger partial charge in [-0.1, -0.05) is 19.8 Å². The molecule has 8 nitrogen and oxygen atoms in total. The van der Waals surface area contributed by atoms with Crippen LogP contribution in [0.5, 0.6) is 0 Å². The van der Waals surface area contributed by atoms with Gasteiger partial charge in [0.1, 0.15) is 12.1 Å². The van der Waals surface area contributed by atoms with Gasteiger partial charge in [-0.15, -0.1) is 0 Å². The fourth-order valence-electron chi connectivity index (χ4n) is 3.83. The maximum Gasteiger partial charge on any atom is 0.325 e. The highest BCUT2D eigenvalue weighted by molar-refractivity contribution is 6.10. The maximum absolute atomic E-state index is 12.9. The highest BCUT2D eigenvalue weighted by Gasteiger charge is 2.55. The maximum atomic E-state index is 12.9. The highest BCUT2D eigenvalue weighted by atomic mass is 16.2. The van der Waals surface area contributed by atoms with Crippen LogP contribution in [0.3, 0.4) is 0 Å². The molecule has 1 aromatic rings. The number of imide groups is 1. The van der Waals surface area contributed by atoms with E-state index in [-0.39, 0.29) is 23.9 Å². The van der Waals surface area contributed by atoms with E-state index in [0.29, 0.717) is 17.7 Å². The Labute approximate surface area is 151 Å². The molecule has 8 heteroatoms. The Kier molecular flexibility index (Phi) is 4.60. The van der Waals surface area contributed by atoms with Gasteiger partial charge in [0.05, 0.1) is 5.69 Å². The lowest BCUT2D eigenvalue weighted by molar-refractivity contribution is -0.136. The molecule has 2 unspecified atom stereocenters. The molecule has 26 heavy (non-hydrogen) atoms. The van der Waals surface area contributed by atoms with Crippen LogP contribution in [0.2, 0.25) is 0 Å². The molecule has 1 saturated heterocycles. The number of aromatic nitrogens is 1. The van der Waals surface area contributed by atoms with Crippen molar-refractivity contribution in [3.63, 3.8) is 0 Å². The van der Waals surface area contributed by atoms with Crippen LogP contribution in [0.1, 0.15) is 38.2 Å². The summed E-state index contributed by atoms with van der Waals surface area (Å²) in [6.45, 7) is 3.33. The molecule has 0 aromatic carbocycles. The molecule has 3 rings (SSSR count). The van der Waals surface area contributed by atoms with Crippen molar-refractivity contribution in [2.75, 3.05) is 11.9 Å². The van der Waals surface area contributed by atoms with Crippen LogP contribution in [0.4, 0.5) is 10.5 Å². The Hall–Kier alpha value is -2.64. The number of hydrogen-bond donors (Lipinski definition) is 2. The van der Waals surface area contributed by atoms with E-state index in [1.165, 1.54) is 16.8 Å². The standard InChI is InChI=1S/C18H24N4O4/c1-11-8-15(24)21(3)9-13(11)19-14(23)10-22-16(25)18(20-17(22)26)7-5-4-6-12(18)2/h8-9,12H,4-7,10H2,1-3H3,(H,19,23)(H,20,26). The molecule has 2 fully saturated rings. The molecule has 0 bridgehead atoms. The van der Waals surface area contributed by atoms with E-state index in [2.05, 4.69) is 10.6 Å².